The summed E-state index contributed by atoms with van der Waals surface area (Å²) in [5.74, 6) is 0.0502. The maximum absolute atomic E-state index is 13.1. The number of oxime groups is 1. The van der Waals surface area contributed by atoms with Crippen molar-refractivity contribution in [2.75, 3.05) is 13.6 Å². The number of nitrogens with two attached hydrogens (primary N) is 1. The molecule has 0 aliphatic carbocycles. The van der Waals surface area contributed by atoms with Gasteiger partial charge in [-0.2, -0.15) is 0 Å². The molecule has 0 saturated carbocycles. The molecular weight excluding hydrogens is 257 g/mol. The van der Waals surface area contributed by atoms with E-state index in [9.17, 15) is 4.39 Å². The van der Waals surface area contributed by atoms with Gasteiger partial charge in [0.2, 0.25) is 0 Å². The number of amidine groups is 1. The van der Waals surface area contributed by atoms with Gasteiger partial charge in [0.05, 0.1) is 0 Å². The zero-order valence-electron chi connectivity index (χ0n) is 12.4. The first-order valence-electron chi connectivity index (χ1n) is 6.76. The molecule has 0 aliphatic heterocycles. The van der Waals surface area contributed by atoms with Gasteiger partial charge in [-0.1, -0.05) is 31.1 Å². The molecule has 0 saturated heterocycles. The Bertz CT molecular complexity index is 460. The van der Waals surface area contributed by atoms with E-state index in [0.29, 0.717) is 6.54 Å². The summed E-state index contributed by atoms with van der Waals surface area (Å²) >= 11 is 0. The van der Waals surface area contributed by atoms with Gasteiger partial charge in [0, 0.05) is 12.0 Å². The highest BCUT2D eigenvalue weighted by Gasteiger charge is 2.23. The van der Waals surface area contributed by atoms with Crippen LogP contribution in [-0.2, 0) is 6.54 Å². The molecule has 4 nitrogen and oxygen atoms in total. The first-order valence-corrected chi connectivity index (χ1v) is 6.76. The fourth-order valence-electron chi connectivity index (χ4n) is 2.08. The molecule has 0 radical (unpaired) electrons. The van der Waals surface area contributed by atoms with Crippen LogP contribution >= 0.6 is 0 Å². The number of hydrogen-bond acceptors (Lipinski definition) is 3. The van der Waals surface area contributed by atoms with Crippen LogP contribution in [0.3, 0.4) is 0 Å². The van der Waals surface area contributed by atoms with Crippen LogP contribution in [0, 0.1) is 11.2 Å². The third kappa shape index (κ3) is 5.17. The van der Waals surface area contributed by atoms with Gasteiger partial charge in [0.15, 0.2) is 0 Å². The minimum Gasteiger partial charge on any atom is -0.409 e. The fraction of sp³-hybridized carbons (Fsp3) is 0.533. The third-order valence-electron chi connectivity index (χ3n) is 3.48. The number of halogens is 1. The summed E-state index contributed by atoms with van der Waals surface area (Å²) in [6.07, 6.45) is 1.76. The maximum Gasteiger partial charge on any atom is 0.144 e. The minimum atomic E-state index is -0.311. The monoisotopic (exact) mass is 281 g/mol. The molecule has 0 atom stereocenters. The second kappa shape index (κ2) is 7.24. The molecular formula is C15H24FN3O. The highest BCUT2D eigenvalue weighted by molar-refractivity contribution is 5.85. The zero-order chi connectivity index (χ0) is 15.2. The molecule has 0 unspecified atom stereocenters. The topological polar surface area (TPSA) is 61.8 Å². The third-order valence-corrected chi connectivity index (χ3v) is 3.48. The Morgan fingerprint density at radius 3 is 2.75 bits per heavy atom. The second-order valence-corrected chi connectivity index (χ2v) is 5.84. The van der Waals surface area contributed by atoms with Crippen LogP contribution in [0.15, 0.2) is 29.4 Å². The second-order valence-electron chi connectivity index (χ2n) is 5.84. The Morgan fingerprint density at radius 2 is 2.15 bits per heavy atom. The first kappa shape index (κ1) is 16.4. The largest absolute Gasteiger partial charge is 0.409 e. The summed E-state index contributed by atoms with van der Waals surface area (Å²) in [4.78, 5) is 2.14. The predicted molar refractivity (Wildman–Crippen MR) is 79.2 cm³/mol. The average molecular weight is 281 g/mol. The van der Waals surface area contributed by atoms with E-state index < -0.39 is 0 Å². The van der Waals surface area contributed by atoms with Crippen molar-refractivity contribution in [2.45, 2.75) is 33.2 Å². The van der Waals surface area contributed by atoms with Gasteiger partial charge in [0.25, 0.3) is 0 Å². The minimum absolute atomic E-state index is 0.205. The van der Waals surface area contributed by atoms with Crippen LogP contribution in [0.2, 0.25) is 0 Å². The Kier molecular flexibility index (Phi) is 5.95. The molecule has 0 fully saturated rings. The summed E-state index contributed by atoms with van der Waals surface area (Å²) in [7, 11) is 2.00. The molecule has 1 aromatic rings. The van der Waals surface area contributed by atoms with Crippen molar-refractivity contribution in [1.82, 2.24) is 4.90 Å². The standard InChI is InChI=1S/C15H24FN3O/c1-15(2,14(17)18-20)8-5-9-19(3)11-12-6-4-7-13(16)10-12/h4,6-7,10,20H,5,8-9,11H2,1-3H3,(H2,17,18). The van der Waals surface area contributed by atoms with Gasteiger partial charge in [-0.3, -0.25) is 0 Å². The van der Waals surface area contributed by atoms with Gasteiger partial charge in [0.1, 0.15) is 11.7 Å². The Hall–Kier alpha value is -1.62. The van der Waals surface area contributed by atoms with E-state index in [1.807, 2.05) is 27.0 Å². The van der Waals surface area contributed by atoms with Crippen LogP contribution in [0.25, 0.3) is 0 Å². The van der Waals surface area contributed by atoms with Crippen molar-refractivity contribution >= 4 is 5.84 Å². The highest BCUT2D eigenvalue weighted by atomic mass is 19.1. The Morgan fingerprint density at radius 1 is 1.45 bits per heavy atom. The van der Waals surface area contributed by atoms with Gasteiger partial charge in [-0.25, -0.2) is 4.39 Å². The number of hydrogen-bond donors (Lipinski definition) is 2. The summed E-state index contributed by atoms with van der Waals surface area (Å²) in [6, 6.07) is 6.64. The fourth-order valence-corrected chi connectivity index (χ4v) is 2.08. The summed E-state index contributed by atoms with van der Waals surface area (Å²) in [5.41, 5.74) is 6.30. The molecule has 5 heteroatoms. The van der Waals surface area contributed by atoms with Crippen molar-refractivity contribution in [2.24, 2.45) is 16.3 Å². The molecule has 0 spiro atoms. The van der Waals surface area contributed by atoms with Gasteiger partial charge >= 0.3 is 0 Å². The summed E-state index contributed by atoms with van der Waals surface area (Å²) < 4.78 is 13.1. The molecule has 0 heterocycles. The van der Waals surface area contributed by atoms with Gasteiger partial charge < -0.3 is 15.8 Å². The van der Waals surface area contributed by atoms with Crippen LogP contribution in [0.1, 0.15) is 32.3 Å². The van der Waals surface area contributed by atoms with E-state index in [4.69, 9.17) is 10.9 Å². The lowest BCUT2D eigenvalue weighted by Gasteiger charge is -2.24. The van der Waals surface area contributed by atoms with E-state index >= 15 is 0 Å². The van der Waals surface area contributed by atoms with Crippen molar-refractivity contribution < 1.29 is 9.60 Å². The van der Waals surface area contributed by atoms with Crippen molar-refractivity contribution in [3.05, 3.63) is 35.6 Å². The van der Waals surface area contributed by atoms with Crippen molar-refractivity contribution in [1.29, 1.82) is 0 Å². The summed E-state index contributed by atoms with van der Waals surface area (Å²) in [5, 5.41) is 11.8. The van der Waals surface area contributed by atoms with Crippen LogP contribution in [0.5, 0.6) is 0 Å². The maximum atomic E-state index is 13.1. The quantitative estimate of drug-likeness (QED) is 0.350. The number of rotatable bonds is 7. The lowest BCUT2D eigenvalue weighted by atomic mass is 9.86. The molecule has 20 heavy (non-hydrogen) atoms. The van der Waals surface area contributed by atoms with Gasteiger partial charge in [-0.15, -0.1) is 0 Å². The average Bonchev–Trinajstić information content (AvgIpc) is 2.37. The molecule has 1 aromatic carbocycles. The molecule has 0 aromatic heterocycles. The van der Waals surface area contributed by atoms with Crippen LogP contribution in [-0.4, -0.2) is 29.5 Å². The number of nitrogens with zero attached hydrogens (tertiary/aromatic N) is 2. The Balaban J connectivity index is 2.39. The Labute approximate surface area is 120 Å². The number of benzene rings is 1. The predicted octanol–water partition coefficient (Wildman–Crippen LogP) is 2.81. The van der Waals surface area contributed by atoms with E-state index in [-0.39, 0.29) is 17.1 Å². The van der Waals surface area contributed by atoms with E-state index in [1.165, 1.54) is 6.07 Å². The molecule has 3 N–H and O–H groups in total. The molecule has 1 rings (SSSR count). The lowest BCUT2D eigenvalue weighted by Crippen LogP contribution is -2.32. The molecule has 0 aliphatic rings. The SMILES string of the molecule is CN(CCCC(C)(C)C(N)=NO)Cc1cccc(F)c1. The smallest absolute Gasteiger partial charge is 0.144 e. The van der Waals surface area contributed by atoms with E-state index in [1.54, 1.807) is 12.1 Å². The van der Waals surface area contributed by atoms with E-state index in [2.05, 4.69) is 10.1 Å². The van der Waals surface area contributed by atoms with Gasteiger partial charge in [-0.05, 0) is 44.1 Å². The summed E-state index contributed by atoms with van der Waals surface area (Å²) in [6.45, 7) is 5.49. The molecule has 112 valence electrons. The highest BCUT2D eigenvalue weighted by Crippen LogP contribution is 2.22. The lowest BCUT2D eigenvalue weighted by molar-refractivity contribution is 0.287. The van der Waals surface area contributed by atoms with E-state index in [0.717, 1.165) is 24.9 Å². The molecule has 0 amide bonds. The normalized spacial score (nSPS) is 12.9. The van der Waals surface area contributed by atoms with Crippen LogP contribution < -0.4 is 5.73 Å². The first-order chi connectivity index (χ1) is 9.35. The van der Waals surface area contributed by atoms with Crippen LogP contribution in [0.4, 0.5) is 4.39 Å². The zero-order valence-corrected chi connectivity index (χ0v) is 12.4. The van der Waals surface area contributed by atoms with Crippen molar-refractivity contribution in [3.63, 3.8) is 0 Å². The van der Waals surface area contributed by atoms with Crippen molar-refractivity contribution in [3.8, 4) is 0 Å². The molecule has 0 bridgehead atoms.